The number of aromatic nitrogens is 1. The molecule has 0 radical (unpaired) electrons. The Balaban J connectivity index is 2.18. The topological polar surface area (TPSA) is 44.9 Å². The van der Waals surface area contributed by atoms with Gasteiger partial charge in [0.2, 0.25) is 0 Å². The third-order valence-electron chi connectivity index (χ3n) is 3.27. The maximum absolute atomic E-state index is 12.0. The van der Waals surface area contributed by atoms with Crippen molar-refractivity contribution >= 4 is 26.8 Å². The number of benzene rings is 1. The number of halogens is 1. The van der Waals surface area contributed by atoms with Crippen molar-refractivity contribution in [3.05, 3.63) is 44.7 Å². The first-order valence-electron chi connectivity index (χ1n) is 5.80. The lowest BCUT2D eigenvalue weighted by atomic mass is 10.0. The molecule has 17 heavy (non-hydrogen) atoms. The van der Waals surface area contributed by atoms with E-state index >= 15 is 0 Å². The molecular weight excluding hydrogens is 280 g/mol. The van der Waals surface area contributed by atoms with Crippen molar-refractivity contribution < 1.29 is 0 Å². The van der Waals surface area contributed by atoms with E-state index in [1.165, 1.54) is 0 Å². The average molecular weight is 293 g/mol. The zero-order chi connectivity index (χ0) is 11.8. The van der Waals surface area contributed by atoms with Crippen LogP contribution in [0.2, 0.25) is 0 Å². The van der Waals surface area contributed by atoms with Gasteiger partial charge in [0.05, 0.1) is 0 Å². The predicted octanol–water partition coefficient (Wildman–Crippen LogP) is 2.72. The van der Waals surface area contributed by atoms with E-state index in [-0.39, 0.29) is 11.6 Å². The molecule has 2 aromatic rings. The Morgan fingerprint density at radius 2 is 2.18 bits per heavy atom. The van der Waals surface area contributed by atoms with Crippen molar-refractivity contribution in [2.75, 3.05) is 6.54 Å². The summed E-state index contributed by atoms with van der Waals surface area (Å²) in [5, 5.41) is 4.43. The molecule has 0 amide bonds. The minimum Gasteiger partial charge on any atom is -0.322 e. The molecule has 1 unspecified atom stereocenters. The first-order chi connectivity index (χ1) is 8.24. The molecule has 0 saturated carbocycles. The van der Waals surface area contributed by atoms with Gasteiger partial charge in [0.1, 0.15) is 0 Å². The zero-order valence-corrected chi connectivity index (χ0v) is 10.9. The zero-order valence-electron chi connectivity index (χ0n) is 9.29. The Labute approximate surface area is 107 Å². The molecule has 4 heteroatoms. The fourth-order valence-electron chi connectivity index (χ4n) is 2.40. The largest absolute Gasteiger partial charge is 0.322 e. The minimum atomic E-state index is 0.0271. The molecule has 2 N–H and O–H groups in total. The summed E-state index contributed by atoms with van der Waals surface area (Å²) < 4.78 is 1.03. The molecule has 1 fully saturated rings. The second-order valence-electron chi connectivity index (χ2n) is 4.43. The Morgan fingerprint density at radius 1 is 1.29 bits per heavy atom. The summed E-state index contributed by atoms with van der Waals surface area (Å²) in [5.41, 5.74) is 1.77. The molecule has 1 aliphatic rings. The van der Waals surface area contributed by atoms with Gasteiger partial charge >= 0.3 is 0 Å². The molecule has 0 aliphatic carbocycles. The molecule has 0 bridgehead atoms. The van der Waals surface area contributed by atoms with Crippen LogP contribution in [0.15, 0.2) is 33.5 Å². The summed E-state index contributed by atoms with van der Waals surface area (Å²) in [4.78, 5) is 14.9. The Hall–Kier alpha value is -1.13. The summed E-state index contributed by atoms with van der Waals surface area (Å²) >= 11 is 3.45. The van der Waals surface area contributed by atoms with Crippen molar-refractivity contribution in [1.29, 1.82) is 0 Å². The Bertz CT molecular complexity index is 614. The molecule has 1 saturated heterocycles. The lowest BCUT2D eigenvalue weighted by Crippen LogP contribution is -2.22. The van der Waals surface area contributed by atoms with E-state index in [9.17, 15) is 4.79 Å². The lowest BCUT2D eigenvalue weighted by Gasteiger charge is -2.10. The van der Waals surface area contributed by atoms with E-state index < -0.39 is 0 Å². The van der Waals surface area contributed by atoms with Gasteiger partial charge in [-0.25, -0.2) is 0 Å². The van der Waals surface area contributed by atoms with Gasteiger partial charge < -0.3 is 10.3 Å². The number of pyridine rings is 1. The third kappa shape index (κ3) is 2.03. The summed E-state index contributed by atoms with van der Waals surface area (Å²) in [6.45, 7) is 1.00. The van der Waals surface area contributed by atoms with Crippen LogP contribution >= 0.6 is 15.9 Å². The molecule has 1 atom stereocenters. The number of fused-ring (bicyclic) bond motifs is 1. The van der Waals surface area contributed by atoms with Crippen LogP contribution in [-0.2, 0) is 0 Å². The molecule has 1 aromatic carbocycles. The van der Waals surface area contributed by atoms with Gasteiger partial charge in [0, 0.05) is 21.6 Å². The second-order valence-corrected chi connectivity index (χ2v) is 5.35. The van der Waals surface area contributed by atoms with Crippen molar-refractivity contribution in [1.82, 2.24) is 10.3 Å². The highest BCUT2D eigenvalue weighted by Gasteiger charge is 2.19. The lowest BCUT2D eigenvalue weighted by molar-refractivity contribution is 0.641. The molecular formula is C13H13BrN2O. The second kappa shape index (κ2) is 4.27. The smallest absolute Gasteiger partial charge is 0.253 e. The van der Waals surface area contributed by atoms with Crippen LogP contribution in [0.25, 0.3) is 10.9 Å². The van der Waals surface area contributed by atoms with Gasteiger partial charge in [-0.05, 0) is 49.0 Å². The number of rotatable bonds is 1. The standard InChI is InChI=1S/C13H13BrN2O/c14-9-3-4-11-8(6-9)7-10(13(17)16-11)12-2-1-5-15-12/h3-4,6-7,12,15H,1-2,5H2,(H,16,17). The summed E-state index contributed by atoms with van der Waals surface area (Å²) in [6, 6.07) is 8.10. The maximum Gasteiger partial charge on any atom is 0.253 e. The van der Waals surface area contributed by atoms with Crippen molar-refractivity contribution in [3.63, 3.8) is 0 Å². The molecule has 1 aliphatic heterocycles. The monoisotopic (exact) mass is 292 g/mol. The highest BCUT2D eigenvalue weighted by atomic mass is 79.9. The van der Waals surface area contributed by atoms with Crippen LogP contribution in [0.4, 0.5) is 0 Å². The highest BCUT2D eigenvalue weighted by Crippen LogP contribution is 2.24. The molecule has 3 nitrogen and oxygen atoms in total. The van der Waals surface area contributed by atoms with Crippen LogP contribution in [0.1, 0.15) is 24.4 Å². The van der Waals surface area contributed by atoms with Crippen LogP contribution in [0.5, 0.6) is 0 Å². The van der Waals surface area contributed by atoms with Crippen molar-refractivity contribution in [2.45, 2.75) is 18.9 Å². The van der Waals surface area contributed by atoms with Crippen LogP contribution in [0.3, 0.4) is 0 Å². The number of aromatic amines is 1. The van der Waals surface area contributed by atoms with Crippen molar-refractivity contribution in [3.8, 4) is 0 Å². The summed E-state index contributed by atoms with van der Waals surface area (Å²) in [5.74, 6) is 0. The van der Waals surface area contributed by atoms with E-state index in [4.69, 9.17) is 0 Å². The van der Waals surface area contributed by atoms with Gasteiger partial charge in [0.15, 0.2) is 0 Å². The normalized spacial score (nSPS) is 19.9. The predicted molar refractivity (Wildman–Crippen MR) is 72.2 cm³/mol. The van der Waals surface area contributed by atoms with Gasteiger partial charge in [-0.15, -0.1) is 0 Å². The number of nitrogens with one attached hydrogen (secondary N) is 2. The highest BCUT2D eigenvalue weighted by molar-refractivity contribution is 9.10. The first kappa shape index (κ1) is 11.0. The first-order valence-corrected chi connectivity index (χ1v) is 6.59. The molecule has 2 heterocycles. The average Bonchev–Trinajstić information content (AvgIpc) is 2.82. The molecule has 3 rings (SSSR count). The van der Waals surface area contributed by atoms with E-state index in [0.717, 1.165) is 40.3 Å². The quantitative estimate of drug-likeness (QED) is 0.849. The summed E-state index contributed by atoms with van der Waals surface area (Å²) in [7, 11) is 0. The van der Waals surface area contributed by atoms with Crippen LogP contribution in [-0.4, -0.2) is 11.5 Å². The fraction of sp³-hybridized carbons (Fsp3) is 0.308. The van der Waals surface area contributed by atoms with E-state index in [1.54, 1.807) is 0 Å². The van der Waals surface area contributed by atoms with E-state index in [0.29, 0.717) is 0 Å². The number of hydrogen-bond acceptors (Lipinski definition) is 2. The van der Waals surface area contributed by atoms with E-state index in [1.807, 2.05) is 24.3 Å². The summed E-state index contributed by atoms with van der Waals surface area (Å²) in [6.07, 6.45) is 2.18. The SMILES string of the molecule is O=c1[nH]c2ccc(Br)cc2cc1C1CCCN1. The molecule has 88 valence electrons. The van der Waals surface area contributed by atoms with E-state index in [2.05, 4.69) is 26.2 Å². The third-order valence-corrected chi connectivity index (χ3v) is 3.76. The molecule has 0 spiro atoms. The van der Waals surface area contributed by atoms with Crippen molar-refractivity contribution in [2.24, 2.45) is 0 Å². The van der Waals surface area contributed by atoms with Gasteiger partial charge in [-0.3, -0.25) is 4.79 Å². The fourth-order valence-corrected chi connectivity index (χ4v) is 2.78. The van der Waals surface area contributed by atoms with Gasteiger partial charge in [-0.2, -0.15) is 0 Å². The molecule has 1 aromatic heterocycles. The Morgan fingerprint density at radius 3 is 2.94 bits per heavy atom. The van der Waals surface area contributed by atoms with Crippen LogP contribution in [0, 0.1) is 0 Å². The van der Waals surface area contributed by atoms with Gasteiger partial charge in [0.25, 0.3) is 5.56 Å². The number of hydrogen-bond donors (Lipinski definition) is 2. The minimum absolute atomic E-state index is 0.0271. The maximum atomic E-state index is 12.0. The number of H-pyrrole nitrogens is 1. The van der Waals surface area contributed by atoms with Crippen LogP contribution < -0.4 is 10.9 Å². The van der Waals surface area contributed by atoms with Gasteiger partial charge in [-0.1, -0.05) is 15.9 Å². The Kier molecular flexibility index (Phi) is 2.76.